The molecular formula is C13H12BrNO2. The van der Waals surface area contributed by atoms with E-state index < -0.39 is 0 Å². The van der Waals surface area contributed by atoms with Crippen LogP contribution in [0.25, 0.3) is 11.0 Å². The van der Waals surface area contributed by atoms with Gasteiger partial charge in [-0.05, 0) is 37.1 Å². The average molecular weight is 294 g/mol. The van der Waals surface area contributed by atoms with Crippen molar-refractivity contribution in [3.63, 3.8) is 0 Å². The zero-order chi connectivity index (χ0) is 11.8. The van der Waals surface area contributed by atoms with Crippen LogP contribution in [0.4, 0.5) is 0 Å². The maximum Gasteiger partial charge on any atom is 0.289 e. The predicted molar refractivity (Wildman–Crippen MR) is 69.1 cm³/mol. The summed E-state index contributed by atoms with van der Waals surface area (Å²) in [7, 11) is 0. The number of nitrogens with zero attached hydrogens (tertiary/aromatic N) is 1. The number of rotatable bonds is 1. The van der Waals surface area contributed by atoms with E-state index in [0.29, 0.717) is 5.76 Å². The van der Waals surface area contributed by atoms with Crippen molar-refractivity contribution < 1.29 is 9.21 Å². The number of benzene rings is 1. The Kier molecular flexibility index (Phi) is 2.67. The number of furan rings is 1. The van der Waals surface area contributed by atoms with Crippen molar-refractivity contribution >= 4 is 32.8 Å². The lowest BCUT2D eigenvalue weighted by atomic mass is 10.2. The second-order valence-corrected chi connectivity index (χ2v) is 5.21. The normalized spacial score (nSPS) is 15.7. The molecule has 1 saturated heterocycles. The van der Waals surface area contributed by atoms with E-state index in [4.69, 9.17) is 4.42 Å². The molecule has 88 valence electrons. The van der Waals surface area contributed by atoms with Crippen LogP contribution in [0.5, 0.6) is 0 Å². The molecule has 0 spiro atoms. The van der Waals surface area contributed by atoms with Gasteiger partial charge in [0.1, 0.15) is 5.58 Å². The lowest BCUT2D eigenvalue weighted by molar-refractivity contribution is 0.0763. The van der Waals surface area contributed by atoms with Crippen LogP contribution in [0.3, 0.4) is 0 Å². The largest absolute Gasteiger partial charge is 0.451 e. The van der Waals surface area contributed by atoms with E-state index >= 15 is 0 Å². The minimum absolute atomic E-state index is 0.00909. The minimum Gasteiger partial charge on any atom is -0.451 e. The van der Waals surface area contributed by atoms with Crippen LogP contribution in [0.1, 0.15) is 23.4 Å². The van der Waals surface area contributed by atoms with Crippen molar-refractivity contribution in [2.24, 2.45) is 0 Å². The lowest BCUT2D eigenvalue weighted by Crippen LogP contribution is -2.27. The molecule has 1 aliphatic heterocycles. The van der Waals surface area contributed by atoms with Gasteiger partial charge in [-0.25, -0.2) is 0 Å². The molecule has 2 heterocycles. The minimum atomic E-state index is 0.00909. The summed E-state index contributed by atoms with van der Waals surface area (Å²) in [6.07, 6.45) is 2.19. The predicted octanol–water partition coefficient (Wildman–Crippen LogP) is 3.43. The number of hydrogen-bond donors (Lipinski definition) is 0. The topological polar surface area (TPSA) is 33.5 Å². The molecule has 0 aliphatic carbocycles. The summed E-state index contributed by atoms with van der Waals surface area (Å²) in [5, 5.41) is 0.968. The molecule has 0 atom stereocenters. The average Bonchev–Trinajstić information content (AvgIpc) is 2.96. The standard InChI is InChI=1S/C13H12BrNO2/c14-10-4-3-9-7-12(17-11(9)8-10)13(16)15-5-1-2-6-15/h3-4,7-8H,1-2,5-6H2. The highest BCUT2D eigenvalue weighted by molar-refractivity contribution is 9.10. The van der Waals surface area contributed by atoms with E-state index in [0.717, 1.165) is 41.4 Å². The third-order valence-corrected chi connectivity index (χ3v) is 3.58. The van der Waals surface area contributed by atoms with Gasteiger partial charge in [0.05, 0.1) is 0 Å². The summed E-state index contributed by atoms with van der Waals surface area (Å²) < 4.78 is 6.56. The Morgan fingerprint density at radius 3 is 2.76 bits per heavy atom. The first-order valence-electron chi connectivity index (χ1n) is 5.72. The fourth-order valence-electron chi connectivity index (χ4n) is 2.19. The van der Waals surface area contributed by atoms with Crippen molar-refractivity contribution in [2.45, 2.75) is 12.8 Å². The highest BCUT2D eigenvalue weighted by Gasteiger charge is 2.22. The molecule has 2 aromatic rings. The third kappa shape index (κ3) is 1.97. The van der Waals surface area contributed by atoms with Crippen LogP contribution in [0.2, 0.25) is 0 Å². The van der Waals surface area contributed by atoms with Gasteiger partial charge in [-0.2, -0.15) is 0 Å². The van der Waals surface area contributed by atoms with E-state index in [-0.39, 0.29) is 5.91 Å². The molecule has 1 aromatic carbocycles. The summed E-state index contributed by atoms with van der Waals surface area (Å²) in [4.78, 5) is 14.0. The molecule has 0 unspecified atom stereocenters. The highest BCUT2D eigenvalue weighted by atomic mass is 79.9. The molecule has 1 aromatic heterocycles. The van der Waals surface area contributed by atoms with Crippen LogP contribution in [-0.2, 0) is 0 Å². The Balaban J connectivity index is 1.97. The molecule has 4 heteroatoms. The molecule has 3 rings (SSSR count). The Morgan fingerprint density at radius 2 is 2.00 bits per heavy atom. The quantitative estimate of drug-likeness (QED) is 0.807. The second kappa shape index (κ2) is 4.18. The van der Waals surface area contributed by atoms with Crippen LogP contribution < -0.4 is 0 Å². The summed E-state index contributed by atoms with van der Waals surface area (Å²) >= 11 is 3.39. The van der Waals surface area contributed by atoms with E-state index in [1.54, 1.807) is 0 Å². The first-order chi connectivity index (χ1) is 8.24. The third-order valence-electron chi connectivity index (χ3n) is 3.09. The SMILES string of the molecule is O=C(c1cc2ccc(Br)cc2o1)N1CCCC1. The van der Waals surface area contributed by atoms with Gasteiger partial charge in [-0.3, -0.25) is 4.79 Å². The molecule has 1 fully saturated rings. The fourth-order valence-corrected chi connectivity index (χ4v) is 2.53. The molecule has 3 nitrogen and oxygen atoms in total. The van der Waals surface area contributed by atoms with Crippen molar-refractivity contribution in [3.8, 4) is 0 Å². The van der Waals surface area contributed by atoms with Crippen LogP contribution >= 0.6 is 15.9 Å². The van der Waals surface area contributed by atoms with Crippen molar-refractivity contribution in [1.29, 1.82) is 0 Å². The molecule has 0 radical (unpaired) electrons. The van der Waals surface area contributed by atoms with Crippen LogP contribution in [0, 0.1) is 0 Å². The van der Waals surface area contributed by atoms with Gasteiger partial charge < -0.3 is 9.32 Å². The van der Waals surface area contributed by atoms with Crippen molar-refractivity contribution in [1.82, 2.24) is 4.90 Å². The lowest BCUT2D eigenvalue weighted by Gasteiger charge is -2.12. The Morgan fingerprint density at radius 1 is 1.24 bits per heavy atom. The number of fused-ring (bicyclic) bond motifs is 1. The fraction of sp³-hybridized carbons (Fsp3) is 0.308. The van der Waals surface area contributed by atoms with E-state index in [2.05, 4.69) is 15.9 Å². The van der Waals surface area contributed by atoms with Gasteiger partial charge in [0, 0.05) is 22.9 Å². The Labute approximate surface area is 108 Å². The van der Waals surface area contributed by atoms with Gasteiger partial charge >= 0.3 is 0 Å². The molecule has 0 N–H and O–H groups in total. The number of likely N-dealkylation sites (tertiary alicyclic amines) is 1. The first kappa shape index (κ1) is 10.8. The molecule has 0 bridgehead atoms. The number of amides is 1. The van der Waals surface area contributed by atoms with Crippen molar-refractivity contribution in [3.05, 3.63) is 34.5 Å². The van der Waals surface area contributed by atoms with Crippen LogP contribution in [-0.4, -0.2) is 23.9 Å². The smallest absolute Gasteiger partial charge is 0.289 e. The summed E-state index contributed by atoms with van der Waals surface area (Å²) in [6, 6.07) is 7.60. The number of hydrogen-bond acceptors (Lipinski definition) is 2. The van der Waals surface area contributed by atoms with Crippen LogP contribution in [0.15, 0.2) is 33.2 Å². The van der Waals surface area contributed by atoms with Crippen molar-refractivity contribution in [2.75, 3.05) is 13.1 Å². The highest BCUT2D eigenvalue weighted by Crippen LogP contribution is 2.24. The molecule has 1 amide bonds. The van der Waals surface area contributed by atoms with E-state index in [1.165, 1.54) is 0 Å². The maximum atomic E-state index is 12.1. The van der Waals surface area contributed by atoms with E-state index in [1.807, 2.05) is 29.2 Å². The molecule has 0 saturated carbocycles. The monoisotopic (exact) mass is 293 g/mol. The maximum absolute atomic E-state index is 12.1. The second-order valence-electron chi connectivity index (χ2n) is 4.29. The summed E-state index contributed by atoms with van der Waals surface area (Å²) in [5.41, 5.74) is 0.752. The number of halogens is 1. The molecular weight excluding hydrogens is 282 g/mol. The zero-order valence-electron chi connectivity index (χ0n) is 9.28. The Bertz CT molecular complexity index is 570. The van der Waals surface area contributed by atoms with Gasteiger partial charge in [0.2, 0.25) is 0 Å². The first-order valence-corrected chi connectivity index (χ1v) is 6.52. The number of carbonyl (C=O) groups excluding carboxylic acids is 1. The van der Waals surface area contributed by atoms with Gasteiger partial charge in [0.25, 0.3) is 5.91 Å². The number of carbonyl (C=O) groups is 1. The van der Waals surface area contributed by atoms with E-state index in [9.17, 15) is 4.79 Å². The summed E-state index contributed by atoms with van der Waals surface area (Å²) in [5.74, 6) is 0.454. The molecule has 17 heavy (non-hydrogen) atoms. The summed E-state index contributed by atoms with van der Waals surface area (Å²) in [6.45, 7) is 1.69. The Hall–Kier alpha value is -1.29. The van der Waals surface area contributed by atoms with Gasteiger partial charge in [-0.15, -0.1) is 0 Å². The van der Waals surface area contributed by atoms with Gasteiger partial charge in [0.15, 0.2) is 5.76 Å². The van der Waals surface area contributed by atoms with Gasteiger partial charge in [-0.1, -0.05) is 15.9 Å². The molecule has 1 aliphatic rings. The zero-order valence-corrected chi connectivity index (χ0v) is 10.9.